The second-order valence-electron chi connectivity index (χ2n) is 7.00. The van der Waals surface area contributed by atoms with Crippen molar-refractivity contribution in [3.8, 4) is 5.75 Å². The molecule has 4 atom stereocenters. The van der Waals surface area contributed by atoms with Gasteiger partial charge in [0.2, 0.25) is 0 Å². The molecule has 0 radical (unpaired) electrons. The summed E-state index contributed by atoms with van der Waals surface area (Å²) < 4.78 is 5.49. The van der Waals surface area contributed by atoms with Crippen LogP contribution in [0.2, 0.25) is 0 Å². The van der Waals surface area contributed by atoms with Gasteiger partial charge >= 0.3 is 5.97 Å². The number of benzene rings is 1. The molecule has 0 saturated heterocycles. The van der Waals surface area contributed by atoms with E-state index in [0.29, 0.717) is 25.0 Å². The van der Waals surface area contributed by atoms with Gasteiger partial charge in [-0.1, -0.05) is 42.5 Å². The number of hydrogen-bond donors (Lipinski definition) is 3. The van der Waals surface area contributed by atoms with E-state index in [1.807, 2.05) is 30.4 Å². The molecule has 0 amide bonds. The number of aliphatic hydroxyl groups excluding tert-OH is 2. The van der Waals surface area contributed by atoms with Crippen molar-refractivity contribution < 1.29 is 29.6 Å². The summed E-state index contributed by atoms with van der Waals surface area (Å²) in [5.74, 6) is -0.866. The monoisotopic (exact) mass is 388 g/mol. The van der Waals surface area contributed by atoms with Crippen LogP contribution < -0.4 is 4.74 Å². The van der Waals surface area contributed by atoms with E-state index < -0.39 is 24.1 Å². The Labute approximate surface area is 165 Å². The van der Waals surface area contributed by atoms with E-state index in [0.717, 1.165) is 0 Å². The Morgan fingerprint density at radius 3 is 2.71 bits per heavy atom. The van der Waals surface area contributed by atoms with Crippen LogP contribution in [0.5, 0.6) is 5.75 Å². The van der Waals surface area contributed by atoms with Gasteiger partial charge in [0.15, 0.2) is 0 Å². The predicted octanol–water partition coefficient (Wildman–Crippen LogP) is 2.75. The highest BCUT2D eigenvalue weighted by atomic mass is 16.5. The van der Waals surface area contributed by atoms with Crippen LogP contribution in [-0.2, 0) is 9.59 Å². The van der Waals surface area contributed by atoms with Gasteiger partial charge < -0.3 is 20.1 Å². The number of carboxylic acid groups (broad SMARTS) is 1. The van der Waals surface area contributed by atoms with Gasteiger partial charge in [0.05, 0.1) is 6.10 Å². The van der Waals surface area contributed by atoms with Crippen LogP contribution in [0.25, 0.3) is 0 Å². The van der Waals surface area contributed by atoms with Crippen molar-refractivity contribution in [2.24, 2.45) is 11.8 Å². The van der Waals surface area contributed by atoms with Crippen LogP contribution in [0.3, 0.4) is 0 Å². The molecular weight excluding hydrogens is 360 g/mol. The average Bonchev–Trinajstić information content (AvgIpc) is 2.94. The molecule has 152 valence electrons. The summed E-state index contributed by atoms with van der Waals surface area (Å²) in [7, 11) is 0. The minimum atomic E-state index is -0.849. The molecule has 0 unspecified atom stereocenters. The normalized spacial score (nSPS) is 23.5. The van der Waals surface area contributed by atoms with Gasteiger partial charge in [-0.15, -0.1) is 0 Å². The summed E-state index contributed by atoms with van der Waals surface area (Å²) in [6.45, 7) is 0.0815. The van der Waals surface area contributed by atoms with E-state index in [1.54, 1.807) is 24.3 Å². The number of aliphatic carboxylic acids is 1. The summed E-state index contributed by atoms with van der Waals surface area (Å²) in [6, 6.07) is 9.16. The zero-order chi connectivity index (χ0) is 20.4. The smallest absolute Gasteiger partial charge is 0.303 e. The fourth-order valence-corrected chi connectivity index (χ4v) is 3.27. The highest BCUT2D eigenvalue weighted by molar-refractivity contribution is 5.86. The predicted molar refractivity (Wildman–Crippen MR) is 105 cm³/mol. The van der Waals surface area contributed by atoms with Gasteiger partial charge in [0, 0.05) is 24.7 Å². The number of para-hydroxylation sites is 1. The number of unbranched alkanes of at least 4 members (excludes halogenated alkanes) is 1. The molecule has 1 aliphatic carbocycles. The third kappa shape index (κ3) is 7.29. The molecule has 3 N–H and O–H groups in total. The van der Waals surface area contributed by atoms with E-state index in [4.69, 9.17) is 9.84 Å². The molecule has 1 saturated carbocycles. The molecule has 0 aromatic heterocycles. The topological polar surface area (TPSA) is 104 Å². The fourth-order valence-electron chi connectivity index (χ4n) is 3.27. The maximum atomic E-state index is 12.2. The number of ketones is 1. The van der Waals surface area contributed by atoms with Crippen molar-refractivity contribution in [1.29, 1.82) is 0 Å². The minimum Gasteiger partial charge on any atom is -0.491 e. The summed E-state index contributed by atoms with van der Waals surface area (Å²) in [6.07, 6.45) is 7.44. The van der Waals surface area contributed by atoms with E-state index >= 15 is 0 Å². The van der Waals surface area contributed by atoms with Crippen LogP contribution in [-0.4, -0.2) is 45.9 Å². The fraction of sp³-hybridized carbons (Fsp3) is 0.455. The van der Waals surface area contributed by atoms with Crippen molar-refractivity contribution in [2.75, 3.05) is 6.61 Å². The zero-order valence-electron chi connectivity index (χ0n) is 15.8. The van der Waals surface area contributed by atoms with Crippen molar-refractivity contribution in [3.63, 3.8) is 0 Å². The maximum absolute atomic E-state index is 12.2. The third-order valence-corrected chi connectivity index (χ3v) is 4.78. The Balaban J connectivity index is 1.82. The van der Waals surface area contributed by atoms with Gasteiger partial charge in [0.25, 0.3) is 0 Å². The van der Waals surface area contributed by atoms with E-state index in [2.05, 4.69) is 0 Å². The Bertz CT molecular complexity index is 682. The Morgan fingerprint density at radius 2 is 2.00 bits per heavy atom. The second kappa shape index (κ2) is 11.4. The van der Waals surface area contributed by atoms with Crippen molar-refractivity contribution in [1.82, 2.24) is 0 Å². The lowest BCUT2D eigenvalue weighted by Gasteiger charge is -2.17. The van der Waals surface area contributed by atoms with Crippen LogP contribution in [0.1, 0.15) is 32.1 Å². The van der Waals surface area contributed by atoms with Gasteiger partial charge in [-0.05, 0) is 31.4 Å². The molecular formula is C22H28O6. The zero-order valence-corrected chi connectivity index (χ0v) is 15.8. The highest BCUT2D eigenvalue weighted by Gasteiger charge is 2.39. The number of Topliss-reactive ketones (excluding diaryl/α,β-unsaturated/α-hetero) is 1. The largest absolute Gasteiger partial charge is 0.491 e. The molecule has 6 nitrogen and oxygen atoms in total. The molecule has 1 fully saturated rings. The minimum absolute atomic E-state index is 0.0378. The molecule has 0 spiro atoms. The summed E-state index contributed by atoms with van der Waals surface area (Å²) in [5.41, 5.74) is 0. The second-order valence-corrected chi connectivity index (χ2v) is 7.00. The Morgan fingerprint density at radius 1 is 1.25 bits per heavy atom. The quantitative estimate of drug-likeness (QED) is 0.398. The third-order valence-electron chi connectivity index (χ3n) is 4.78. The molecule has 1 aliphatic rings. The maximum Gasteiger partial charge on any atom is 0.303 e. The van der Waals surface area contributed by atoms with Crippen molar-refractivity contribution in [3.05, 3.63) is 54.6 Å². The number of aliphatic hydroxyl groups is 2. The summed E-state index contributed by atoms with van der Waals surface area (Å²) >= 11 is 0. The van der Waals surface area contributed by atoms with Crippen LogP contribution in [0.15, 0.2) is 54.6 Å². The van der Waals surface area contributed by atoms with Gasteiger partial charge in [-0.25, -0.2) is 0 Å². The number of ether oxygens (including phenoxy) is 1. The lowest BCUT2D eigenvalue weighted by molar-refractivity contribution is -0.137. The molecule has 1 aromatic carbocycles. The van der Waals surface area contributed by atoms with Crippen LogP contribution in [0.4, 0.5) is 0 Å². The van der Waals surface area contributed by atoms with Crippen molar-refractivity contribution in [2.45, 2.75) is 44.3 Å². The lowest BCUT2D eigenvalue weighted by atomic mass is 9.90. The highest BCUT2D eigenvalue weighted by Crippen LogP contribution is 2.33. The Hall–Kier alpha value is -2.44. The average molecular weight is 388 g/mol. The van der Waals surface area contributed by atoms with E-state index in [1.165, 1.54) is 0 Å². The summed E-state index contributed by atoms with van der Waals surface area (Å²) in [5, 5.41) is 28.9. The lowest BCUT2D eigenvalue weighted by Crippen LogP contribution is -2.20. The van der Waals surface area contributed by atoms with Gasteiger partial charge in [0.1, 0.15) is 24.2 Å². The van der Waals surface area contributed by atoms with Gasteiger partial charge in [-0.3, -0.25) is 9.59 Å². The van der Waals surface area contributed by atoms with Crippen LogP contribution in [0, 0.1) is 11.8 Å². The van der Waals surface area contributed by atoms with E-state index in [-0.39, 0.29) is 31.1 Å². The number of allylic oxidation sites excluding steroid dienone is 3. The van der Waals surface area contributed by atoms with Crippen LogP contribution >= 0.6 is 0 Å². The molecule has 2 rings (SSSR count). The van der Waals surface area contributed by atoms with Crippen molar-refractivity contribution >= 4 is 11.8 Å². The first-order valence-corrected chi connectivity index (χ1v) is 9.59. The number of rotatable bonds is 11. The standard InChI is InChI=1S/C22H28O6/c23-16(15-28-17-8-4-3-5-9-17)12-13-19-18(20(24)14-21(19)25)10-6-1-2-7-11-22(26)27/h1,3-6,8-9,12-13,16,18-20,23-24H,2,7,10-11,14-15H2,(H,26,27)/t16-,18+,19+,20+/m0/s1. The number of hydrogen-bond acceptors (Lipinski definition) is 5. The first-order valence-electron chi connectivity index (χ1n) is 9.59. The number of carbonyl (C=O) groups is 2. The molecule has 6 heteroatoms. The van der Waals surface area contributed by atoms with Gasteiger partial charge in [-0.2, -0.15) is 0 Å². The molecule has 1 aromatic rings. The Kier molecular flexibility index (Phi) is 8.91. The number of carbonyl (C=O) groups excluding carboxylic acids is 1. The van der Waals surface area contributed by atoms with E-state index in [9.17, 15) is 19.8 Å². The molecule has 0 heterocycles. The molecule has 0 bridgehead atoms. The first-order chi connectivity index (χ1) is 13.5. The molecule has 28 heavy (non-hydrogen) atoms. The summed E-state index contributed by atoms with van der Waals surface area (Å²) in [4.78, 5) is 22.7. The first kappa shape index (κ1) is 21.9. The molecule has 0 aliphatic heterocycles. The number of carboxylic acids is 1. The SMILES string of the molecule is O=C(O)CCCC=CC[C@H]1[C@H](O)CC(=O)[C@@H]1C=C[C@H](O)COc1ccccc1.